The molecular weight excluding hydrogens is 427 g/mol. The van der Waals surface area contributed by atoms with Crippen molar-refractivity contribution in [1.29, 1.82) is 0 Å². The van der Waals surface area contributed by atoms with Crippen LogP contribution in [0.4, 0.5) is 10.2 Å². The molecule has 170 valence electrons. The highest BCUT2D eigenvalue weighted by atomic mass is 19.1. The maximum atomic E-state index is 13.7. The number of rotatable bonds is 6. The third-order valence-electron chi connectivity index (χ3n) is 5.70. The zero-order chi connectivity index (χ0) is 22.8. The van der Waals surface area contributed by atoms with Crippen LogP contribution in [0, 0.1) is 5.82 Å². The average molecular weight is 450 g/mol. The molecule has 4 aromatic rings. The van der Waals surface area contributed by atoms with Crippen LogP contribution in [-0.4, -0.2) is 57.6 Å². The molecule has 0 aliphatic carbocycles. The summed E-state index contributed by atoms with van der Waals surface area (Å²) in [4.78, 5) is 15.3. The predicted octanol–water partition coefficient (Wildman–Crippen LogP) is 3.42. The van der Waals surface area contributed by atoms with E-state index in [1.165, 1.54) is 18.5 Å². The molecule has 2 N–H and O–H groups in total. The molecule has 0 radical (unpaired) electrons. The number of pyridine rings is 1. The molecular formula is C24H23FN4O4. The Bertz CT molecular complexity index is 1240. The molecule has 0 amide bonds. The molecule has 33 heavy (non-hydrogen) atoms. The fraction of sp³-hybridized carbons (Fsp3) is 0.292. The van der Waals surface area contributed by atoms with Crippen LogP contribution >= 0.6 is 0 Å². The molecule has 1 fully saturated rings. The van der Waals surface area contributed by atoms with Crippen LogP contribution in [0.15, 0.2) is 53.3 Å². The number of anilines is 1. The van der Waals surface area contributed by atoms with Crippen molar-refractivity contribution in [1.82, 2.24) is 15.0 Å². The van der Waals surface area contributed by atoms with Crippen molar-refractivity contribution >= 4 is 16.9 Å². The number of halogens is 1. The molecule has 3 aromatic heterocycles. The number of hydrogen-bond donors (Lipinski definition) is 2. The summed E-state index contributed by atoms with van der Waals surface area (Å²) in [5.74, 6) is 1.31. The molecule has 0 spiro atoms. The molecule has 0 unspecified atom stereocenters. The van der Waals surface area contributed by atoms with Gasteiger partial charge in [-0.2, -0.15) is 0 Å². The van der Waals surface area contributed by atoms with E-state index in [1.54, 1.807) is 24.4 Å². The van der Waals surface area contributed by atoms with E-state index in [0.717, 1.165) is 22.3 Å². The minimum atomic E-state index is -0.332. The van der Waals surface area contributed by atoms with E-state index < -0.39 is 0 Å². The van der Waals surface area contributed by atoms with Gasteiger partial charge in [0.2, 0.25) is 11.6 Å². The summed E-state index contributed by atoms with van der Waals surface area (Å²) >= 11 is 0. The lowest BCUT2D eigenvalue weighted by Crippen LogP contribution is -2.36. The quantitative estimate of drug-likeness (QED) is 0.461. The maximum Gasteiger partial charge on any atom is 0.232 e. The number of aliphatic hydroxyl groups excluding tert-OH is 2. The van der Waals surface area contributed by atoms with Gasteiger partial charge in [-0.25, -0.2) is 19.3 Å². The first-order valence-corrected chi connectivity index (χ1v) is 10.8. The highest BCUT2D eigenvalue weighted by molar-refractivity contribution is 6.06. The summed E-state index contributed by atoms with van der Waals surface area (Å²) in [6.45, 7) is 1.38. The number of hydrogen-bond acceptors (Lipinski definition) is 8. The SMILES string of the molecule is OCCOc1ccc(-c2oc3ncnc(N4CCC(O)CC4)c3c2-c2ccc(F)cc2)cn1. The number of fused-ring (bicyclic) bond motifs is 1. The Labute approximate surface area is 189 Å². The molecule has 9 heteroatoms. The second-order valence-electron chi connectivity index (χ2n) is 7.87. The van der Waals surface area contributed by atoms with Crippen molar-refractivity contribution in [3.63, 3.8) is 0 Å². The Morgan fingerprint density at radius 2 is 1.79 bits per heavy atom. The van der Waals surface area contributed by atoms with Crippen LogP contribution in [0.3, 0.4) is 0 Å². The van der Waals surface area contributed by atoms with E-state index in [4.69, 9.17) is 14.3 Å². The minimum absolute atomic E-state index is 0.101. The number of aromatic nitrogens is 3. The lowest BCUT2D eigenvalue weighted by Gasteiger charge is -2.30. The smallest absolute Gasteiger partial charge is 0.232 e. The van der Waals surface area contributed by atoms with Crippen LogP contribution in [0.25, 0.3) is 33.6 Å². The maximum absolute atomic E-state index is 13.7. The number of piperidine rings is 1. The van der Waals surface area contributed by atoms with Gasteiger partial charge in [-0.05, 0) is 36.6 Å². The predicted molar refractivity (Wildman–Crippen MR) is 120 cm³/mol. The summed E-state index contributed by atoms with van der Waals surface area (Å²) < 4.78 is 25.3. The number of ether oxygens (including phenoxy) is 1. The fourth-order valence-corrected chi connectivity index (χ4v) is 4.08. The van der Waals surface area contributed by atoms with Crippen molar-refractivity contribution < 1.29 is 23.8 Å². The third-order valence-corrected chi connectivity index (χ3v) is 5.70. The zero-order valence-corrected chi connectivity index (χ0v) is 17.8. The van der Waals surface area contributed by atoms with E-state index in [-0.39, 0.29) is 25.1 Å². The molecule has 1 aliphatic heterocycles. The fourth-order valence-electron chi connectivity index (χ4n) is 4.08. The monoisotopic (exact) mass is 450 g/mol. The second kappa shape index (κ2) is 9.13. The van der Waals surface area contributed by atoms with Gasteiger partial charge in [-0.15, -0.1) is 0 Å². The molecule has 0 saturated carbocycles. The standard InChI is InChI=1S/C24H23FN4O4/c25-17-4-1-15(2-5-17)20-21-23(29-9-7-18(31)8-10-29)27-14-28-24(21)33-22(20)16-3-6-19(26-13-16)32-12-11-30/h1-6,13-14,18,30-31H,7-12H2. The Morgan fingerprint density at radius 1 is 1.03 bits per heavy atom. The number of aliphatic hydroxyl groups is 2. The van der Waals surface area contributed by atoms with Crippen LogP contribution in [0.2, 0.25) is 0 Å². The number of benzene rings is 1. The van der Waals surface area contributed by atoms with Gasteiger partial charge >= 0.3 is 0 Å². The van der Waals surface area contributed by atoms with Gasteiger partial charge in [0.05, 0.1) is 18.1 Å². The lowest BCUT2D eigenvalue weighted by molar-refractivity contribution is 0.145. The summed E-state index contributed by atoms with van der Waals surface area (Å²) in [6.07, 6.45) is 4.09. The van der Waals surface area contributed by atoms with E-state index in [1.807, 2.05) is 6.07 Å². The van der Waals surface area contributed by atoms with Crippen molar-refractivity contribution in [3.8, 4) is 28.3 Å². The van der Waals surface area contributed by atoms with Crippen LogP contribution < -0.4 is 9.64 Å². The lowest BCUT2D eigenvalue weighted by atomic mass is 9.99. The van der Waals surface area contributed by atoms with Gasteiger partial charge in [0, 0.05) is 36.5 Å². The first kappa shape index (κ1) is 21.3. The van der Waals surface area contributed by atoms with Gasteiger partial charge < -0.3 is 24.3 Å². The highest BCUT2D eigenvalue weighted by Crippen LogP contribution is 2.43. The largest absolute Gasteiger partial charge is 0.475 e. The second-order valence-corrected chi connectivity index (χ2v) is 7.87. The van der Waals surface area contributed by atoms with Crippen molar-refractivity contribution in [2.75, 3.05) is 31.2 Å². The Balaban J connectivity index is 1.67. The topological polar surface area (TPSA) is 105 Å². The van der Waals surface area contributed by atoms with Crippen LogP contribution in [0.1, 0.15) is 12.8 Å². The molecule has 1 aliphatic rings. The summed E-state index contributed by atoms with van der Waals surface area (Å²) in [6, 6.07) is 9.73. The molecule has 8 nitrogen and oxygen atoms in total. The van der Waals surface area contributed by atoms with Crippen molar-refractivity contribution in [3.05, 3.63) is 54.7 Å². The Kier molecular flexibility index (Phi) is 5.89. The van der Waals surface area contributed by atoms with Crippen molar-refractivity contribution in [2.45, 2.75) is 18.9 Å². The van der Waals surface area contributed by atoms with E-state index in [2.05, 4.69) is 19.9 Å². The normalized spacial score (nSPS) is 14.7. The molecule has 1 aromatic carbocycles. The molecule has 0 atom stereocenters. The zero-order valence-electron chi connectivity index (χ0n) is 17.8. The van der Waals surface area contributed by atoms with Crippen LogP contribution in [0.5, 0.6) is 5.88 Å². The van der Waals surface area contributed by atoms with Crippen LogP contribution in [-0.2, 0) is 0 Å². The van der Waals surface area contributed by atoms with Crippen molar-refractivity contribution in [2.24, 2.45) is 0 Å². The Morgan fingerprint density at radius 3 is 2.48 bits per heavy atom. The van der Waals surface area contributed by atoms with Gasteiger partial charge in [-0.1, -0.05) is 12.1 Å². The van der Waals surface area contributed by atoms with Gasteiger partial charge in [0.25, 0.3) is 0 Å². The first-order valence-electron chi connectivity index (χ1n) is 10.8. The first-order chi connectivity index (χ1) is 16.1. The summed E-state index contributed by atoms with van der Waals surface area (Å²) in [7, 11) is 0. The van der Waals surface area contributed by atoms with E-state index >= 15 is 0 Å². The number of nitrogens with zero attached hydrogens (tertiary/aromatic N) is 4. The minimum Gasteiger partial charge on any atom is -0.475 e. The van der Waals surface area contributed by atoms with E-state index in [0.29, 0.717) is 48.8 Å². The molecule has 1 saturated heterocycles. The average Bonchev–Trinajstić information content (AvgIpc) is 3.24. The Hall–Kier alpha value is -3.56. The highest BCUT2D eigenvalue weighted by Gasteiger charge is 2.26. The summed E-state index contributed by atoms with van der Waals surface area (Å²) in [5.41, 5.74) is 2.63. The number of furan rings is 1. The van der Waals surface area contributed by atoms with Gasteiger partial charge in [0.1, 0.15) is 30.3 Å². The molecule has 5 rings (SSSR count). The van der Waals surface area contributed by atoms with Gasteiger partial charge in [-0.3, -0.25) is 0 Å². The van der Waals surface area contributed by atoms with E-state index in [9.17, 15) is 9.50 Å². The van der Waals surface area contributed by atoms with Gasteiger partial charge in [0.15, 0.2) is 0 Å². The summed E-state index contributed by atoms with van der Waals surface area (Å²) in [5, 5.41) is 19.6. The molecule has 4 heterocycles. The third kappa shape index (κ3) is 4.24. The molecule has 0 bridgehead atoms.